The van der Waals surface area contributed by atoms with Gasteiger partial charge in [-0.15, -0.1) is 0 Å². The fourth-order valence-corrected chi connectivity index (χ4v) is 3.53. The number of anilines is 3. The number of carbonyl (C=O) groups is 1. The molecule has 5 nitrogen and oxygen atoms in total. The summed E-state index contributed by atoms with van der Waals surface area (Å²) < 4.78 is 4.33. The Bertz CT molecular complexity index is 1150. The Balaban J connectivity index is 1.43. The molecule has 2 aromatic carbocycles. The van der Waals surface area contributed by atoms with E-state index in [2.05, 4.69) is 20.0 Å². The van der Waals surface area contributed by atoms with Crippen molar-refractivity contribution in [3.8, 4) is 11.3 Å². The monoisotopic (exact) mass is 440 g/mol. The second-order valence-corrected chi connectivity index (χ2v) is 7.70. The molecular weight excluding hydrogens is 427 g/mol. The minimum atomic E-state index is -0.251. The highest BCUT2D eigenvalue weighted by Gasteiger charge is 2.13. The number of carbonyl (C=O) groups excluding carboxylic acids is 1. The van der Waals surface area contributed by atoms with Crippen LogP contribution in [0.5, 0.6) is 0 Å². The van der Waals surface area contributed by atoms with Crippen LogP contribution in [0.25, 0.3) is 11.3 Å². The molecule has 2 aromatic heterocycles. The van der Waals surface area contributed by atoms with Crippen LogP contribution >= 0.6 is 34.7 Å². The Morgan fingerprint density at radius 3 is 2.45 bits per heavy atom. The second-order valence-electron chi connectivity index (χ2n) is 6.08. The van der Waals surface area contributed by atoms with Gasteiger partial charge in [0, 0.05) is 11.3 Å². The lowest BCUT2D eigenvalue weighted by molar-refractivity contribution is 0.103. The standard InChI is InChI=1S/C21H14Cl2N4OS/c22-16-8-6-13(10-17(16)23)18-11-19(29-27-18)21(28)26-15-7-9-20(24-12-15)25-14-4-2-1-3-5-14/h1-12H,(H,24,25)(H,26,28). The van der Waals surface area contributed by atoms with E-state index in [0.717, 1.165) is 22.8 Å². The summed E-state index contributed by atoms with van der Waals surface area (Å²) in [5, 5.41) is 6.94. The Morgan fingerprint density at radius 2 is 1.72 bits per heavy atom. The number of rotatable bonds is 5. The van der Waals surface area contributed by atoms with Crippen molar-refractivity contribution in [1.82, 2.24) is 9.36 Å². The van der Waals surface area contributed by atoms with Crippen molar-refractivity contribution in [1.29, 1.82) is 0 Å². The molecule has 144 valence electrons. The molecule has 0 aliphatic rings. The molecule has 1 amide bonds. The van der Waals surface area contributed by atoms with E-state index in [9.17, 15) is 4.79 Å². The van der Waals surface area contributed by atoms with Gasteiger partial charge in [-0.25, -0.2) is 4.98 Å². The molecule has 0 aliphatic carbocycles. The topological polar surface area (TPSA) is 66.9 Å². The number of halogens is 2. The molecule has 0 saturated heterocycles. The molecule has 4 aromatic rings. The van der Waals surface area contributed by atoms with Crippen LogP contribution in [0.2, 0.25) is 10.0 Å². The van der Waals surface area contributed by atoms with Gasteiger partial charge in [0.15, 0.2) is 0 Å². The summed E-state index contributed by atoms with van der Waals surface area (Å²) in [5.74, 6) is 0.438. The zero-order valence-corrected chi connectivity index (χ0v) is 17.2. The average molecular weight is 441 g/mol. The summed E-state index contributed by atoms with van der Waals surface area (Å²) in [6.07, 6.45) is 1.60. The van der Waals surface area contributed by atoms with E-state index in [-0.39, 0.29) is 5.91 Å². The van der Waals surface area contributed by atoms with Crippen LogP contribution in [-0.2, 0) is 0 Å². The number of aromatic nitrogens is 2. The Morgan fingerprint density at radius 1 is 0.897 bits per heavy atom. The van der Waals surface area contributed by atoms with Gasteiger partial charge in [-0.3, -0.25) is 4.79 Å². The maximum Gasteiger partial charge on any atom is 0.267 e. The number of amides is 1. The number of nitrogens with zero attached hydrogens (tertiary/aromatic N) is 2. The van der Waals surface area contributed by atoms with Gasteiger partial charge in [-0.05, 0) is 54.0 Å². The molecule has 0 unspecified atom stereocenters. The van der Waals surface area contributed by atoms with E-state index >= 15 is 0 Å². The van der Waals surface area contributed by atoms with Crippen molar-refractivity contribution in [2.45, 2.75) is 0 Å². The lowest BCUT2D eigenvalue weighted by atomic mass is 10.1. The van der Waals surface area contributed by atoms with Gasteiger partial charge < -0.3 is 10.6 Å². The van der Waals surface area contributed by atoms with Crippen LogP contribution < -0.4 is 10.6 Å². The van der Waals surface area contributed by atoms with Gasteiger partial charge >= 0.3 is 0 Å². The van der Waals surface area contributed by atoms with Gasteiger partial charge in [-0.2, -0.15) is 4.37 Å². The van der Waals surface area contributed by atoms with Gasteiger partial charge in [-0.1, -0.05) is 47.5 Å². The Hall–Kier alpha value is -2.93. The van der Waals surface area contributed by atoms with Crippen molar-refractivity contribution >= 4 is 57.8 Å². The first-order chi connectivity index (χ1) is 14.1. The molecule has 0 saturated carbocycles. The zero-order chi connectivity index (χ0) is 20.2. The molecule has 0 aliphatic heterocycles. The van der Waals surface area contributed by atoms with Crippen molar-refractivity contribution in [3.63, 3.8) is 0 Å². The lowest BCUT2D eigenvalue weighted by Crippen LogP contribution is -2.10. The first-order valence-electron chi connectivity index (χ1n) is 8.60. The van der Waals surface area contributed by atoms with Crippen LogP contribution in [0, 0.1) is 0 Å². The van der Waals surface area contributed by atoms with E-state index in [1.165, 1.54) is 0 Å². The van der Waals surface area contributed by atoms with E-state index in [0.29, 0.717) is 32.1 Å². The molecule has 2 heterocycles. The molecule has 0 radical (unpaired) electrons. The minimum absolute atomic E-state index is 0.251. The zero-order valence-electron chi connectivity index (χ0n) is 14.9. The molecule has 29 heavy (non-hydrogen) atoms. The first-order valence-corrected chi connectivity index (χ1v) is 10.1. The Kier molecular flexibility index (Phi) is 5.76. The number of pyridine rings is 1. The summed E-state index contributed by atoms with van der Waals surface area (Å²) >= 11 is 13.1. The molecule has 0 fully saturated rings. The summed E-state index contributed by atoms with van der Waals surface area (Å²) in [4.78, 5) is 17.3. The first kappa shape index (κ1) is 19.4. The predicted octanol–water partition coefficient (Wildman–Crippen LogP) is 6.51. The van der Waals surface area contributed by atoms with Crippen LogP contribution in [0.4, 0.5) is 17.2 Å². The highest BCUT2D eigenvalue weighted by molar-refractivity contribution is 7.08. The molecule has 4 rings (SSSR count). The highest BCUT2D eigenvalue weighted by Crippen LogP contribution is 2.29. The van der Waals surface area contributed by atoms with Crippen LogP contribution in [0.1, 0.15) is 9.67 Å². The summed E-state index contributed by atoms with van der Waals surface area (Å²) in [6.45, 7) is 0. The maximum absolute atomic E-state index is 12.5. The number of hydrogen-bond donors (Lipinski definition) is 2. The van der Waals surface area contributed by atoms with Crippen molar-refractivity contribution in [2.24, 2.45) is 0 Å². The maximum atomic E-state index is 12.5. The quantitative estimate of drug-likeness (QED) is 0.371. The molecular formula is C21H14Cl2N4OS. The largest absolute Gasteiger partial charge is 0.340 e. The van der Waals surface area contributed by atoms with Crippen LogP contribution in [0.15, 0.2) is 72.9 Å². The third-order valence-corrected chi connectivity index (χ3v) is 5.54. The molecule has 0 spiro atoms. The lowest BCUT2D eigenvalue weighted by Gasteiger charge is -2.07. The second kappa shape index (κ2) is 8.61. The van der Waals surface area contributed by atoms with Gasteiger partial charge in [0.1, 0.15) is 10.7 Å². The summed E-state index contributed by atoms with van der Waals surface area (Å²) in [7, 11) is 0. The third-order valence-electron chi connectivity index (χ3n) is 4.02. The van der Waals surface area contributed by atoms with Crippen molar-refractivity contribution in [3.05, 3.63) is 87.8 Å². The normalized spacial score (nSPS) is 10.6. The Labute approximate surface area is 181 Å². The fourth-order valence-electron chi connectivity index (χ4n) is 2.58. The smallest absolute Gasteiger partial charge is 0.267 e. The van der Waals surface area contributed by atoms with E-state index in [4.69, 9.17) is 23.2 Å². The SMILES string of the molecule is O=C(Nc1ccc(Nc2ccccc2)nc1)c1cc(-c2ccc(Cl)c(Cl)c2)ns1. The van der Waals surface area contributed by atoms with E-state index in [1.54, 1.807) is 36.5 Å². The fraction of sp³-hybridized carbons (Fsp3) is 0. The molecule has 2 N–H and O–H groups in total. The van der Waals surface area contributed by atoms with Crippen LogP contribution in [-0.4, -0.2) is 15.3 Å². The van der Waals surface area contributed by atoms with Crippen molar-refractivity contribution in [2.75, 3.05) is 10.6 Å². The average Bonchev–Trinajstić information content (AvgIpc) is 3.23. The summed E-state index contributed by atoms with van der Waals surface area (Å²) in [5.41, 5.74) is 3.00. The number of hydrogen-bond acceptors (Lipinski definition) is 5. The molecule has 0 bridgehead atoms. The highest BCUT2D eigenvalue weighted by atomic mass is 35.5. The number of para-hydroxylation sites is 1. The van der Waals surface area contributed by atoms with Gasteiger partial charge in [0.25, 0.3) is 5.91 Å². The summed E-state index contributed by atoms with van der Waals surface area (Å²) in [6, 6.07) is 20.3. The predicted molar refractivity (Wildman–Crippen MR) is 119 cm³/mol. The van der Waals surface area contributed by atoms with E-state index < -0.39 is 0 Å². The van der Waals surface area contributed by atoms with Gasteiger partial charge in [0.05, 0.1) is 27.6 Å². The molecule has 8 heteroatoms. The molecule has 0 atom stereocenters. The van der Waals surface area contributed by atoms with Crippen molar-refractivity contribution < 1.29 is 4.79 Å². The number of benzene rings is 2. The van der Waals surface area contributed by atoms with E-state index in [1.807, 2.05) is 36.4 Å². The third kappa shape index (κ3) is 4.74. The number of nitrogens with one attached hydrogen (secondary N) is 2. The minimum Gasteiger partial charge on any atom is -0.340 e. The van der Waals surface area contributed by atoms with Crippen LogP contribution in [0.3, 0.4) is 0 Å². The van der Waals surface area contributed by atoms with Gasteiger partial charge in [0.2, 0.25) is 0 Å².